The van der Waals surface area contributed by atoms with E-state index >= 15 is 0 Å². The molecule has 26 heavy (non-hydrogen) atoms. The van der Waals surface area contributed by atoms with Gasteiger partial charge in [-0.15, -0.1) is 0 Å². The molecule has 0 aliphatic carbocycles. The van der Waals surface area contributed by atoms with Crippen molar-refractivity contribution in [3.63, 3.8) is 0 Å². The van der Waals surface area contributed by atoms with Gasteiger partial charge in [-0.05, 0) is 51.1 Å². The summed E-state index contributed by atoms with van der Waals surface area (Å²) in [4.78, 5) is 4.86. The van der Waals surface area contributed by atoms with E-state index in [1.165, 1.54) is 11.8 Å². The van der Waals surface area contributed by atoms with Crippen molar-refractivity contribution in [3.8, 4) is 17.0 Å². The number of pyridine rings is 1. The number of benzene rings is 1. The lowest BCUT2D eigenvalue weighted by atomic mass is 9.79. The van der Waals surface area contributed by atoms with Gasteiger partial charge in [0.25, 0.3) is 0 Å². The van der Waals surface area contributed by atoms with Crippen LogP contribution in [0.1, 0.15) is 25.3 Å². The Hall–Kier alpha value is -1.92. The normalized spacial score (nSPS) is 23.5. The van der Waals surface area contributed by atoms with E-state index in [-0.39, 0.29) is 5.60 Å². The average molecular weight is 372 g/mol. The zero-order valence-electron chi connectivity index (χ0n) is 15.2. The van der Waals surface area contributed by atoms with E-state index in [0.717, 1.165) is 49.4 Å². The first-order valence-electron chi connectivity index (χ1n) is 9.04. The number of hydrogen-bond acceptors (Lipinski definition) is 5. The zero-order valence-corrected chi connectivity index (χ0v) is 16.0. The van der Waals surface area contributed by atoms with Crippen LogP contribution in [0.25, 0.3) is 11.3 Å². The third kappa shape index (κ3) is 3.23. The molecule has 2 aliphatic rings. The lowest BCUT2D eigenvalue weighted by molar-refractivity contribution is 0.0317. The number of rotatable bonds is 3. The third-order valence-corrected chi connectivity index (χ3v) is 6.74. The molecule has 1 fully saturated rings. The largest absolute Gasteiger partial charge is 0.485 e. The van der Waals surface area contributed by atoms with Gasteiger partial charge >= 0.3 is 0 Å². The van der Waals surface area contributed by atoms with Gasteiger partial charge in [0.05, 0.1) is 16.8 Å². The molecule has 1 atom stereocenters. The molecule has 2 aliphatic heterocycles. The number of fused-ring (bicyclic) bond motifs is 1. The van der Waals surface area contributed by atoms with Gasteiger partial charge in [0, 0.05) is 29.7 Å². The molecule has 138 valence electrons. The highest BCUT2D eigenvalue weighted by molar-refractivity contribution is 7.90. The molecule has 1 N–H and O–H groups in total. The fraction of sp³-hybridized carbons (Fsp3) is 0.450. The summed E-state index contributed by atoms with van der Waals surface area (Å²) in [5.74, 6) is 1.43. The molecule has 0 saturated carbocycles. The van der Waals surface area contributed by atoms with Crippen molar-refractivity contribution in [1.29, 1.82) is 0 Å². The molecule has 1 saturated heterocycles. The minimum Gasteiger partial charge on any atom is -0.485 e. The fourth-order valence-electron chi connectivity index (χ4n) is 4.07. The number of sulfone groups is 1. The Labute approximate surface area is 154 Å². The van der Waals surface area contributed by atoms with Gasteiger partial charge < -0.3 is 10.1 Å². The van der Waals surface area contributed by atoms with E-state index < -0.39 is 9.84 Å². The Morgan fingerprint density at radius 3 is 2.54 bits per heavy atom. The van der Waals surface area contributed by atoms with E-state index in [4.69, 9.17) is 4.74 Å². The van der Waals surface area contributed by atoms with E-state index in [9.17, 15) is 8.42 Å². The first kappa shape index (κ1) is 17.5. The van der Waals surface area contributed by atoms with Crippen LogP contribution in [-0.2, 0) is 16.3 Å². The summed E-state index contributed by atoms with van der Waals surface area (Å²) >= 11 is 0. The second kappa shape index (κ2) is 6.35. The predicted octanol–water partition coefficient (Wildman–Crippen LogP) is 2.85. The van der Waals surface area contributed by atoms with Crippen molar-refractivity contribution in [1.82, 2.24) is 10.3 Å². The SMILES string of the molecule is C[C@@]1(C2CCNCC2)Cc2cc(-c3ccc(S(C)(=O)=O)cc3)ncc2O1. The van der Waals surface area contributed by atoms with Crippen LogP contribution in [0.15, 0.2) is 41.4 Å². The van der Waals surface area contributed by atoms with Gasteiger partial charge in [0.15, 0.2) is 9.84 Å². The second-order valence-corrected chi connectivity index (χ2v) is 9.61. The number of aromatic nitrogens is 1. The van der Waals surface area contributed by atoms with Crippen molar-refractivity contribution in [3.05, 3.63) is 42.1 Å². The molecule has 5 nitrogen and oxygen atoms in total. The Balaban J connectivity index is 1.59. The van der Waals surface area contributed by atoms with E-state index in [1.54, 1.807) is 12.1 Å². The predicted molar refractivity (Wildman–Crippen MR) is 101 cm³/mol. The van der Waals surface area contributed by atoms with E-state index in [2.05, 4.69) is 23.3 Å². The lowest BCUT2D eigenvalue weighted by Gasteiger charge is -2.36. The minimum absolute atomic E-state index is 0.162. The molecule has 0 radical (unpaired) electrons. The van der Waals surface area contributed by atoms with Gasteiger partial charge in [0.1, 0.15) is 11.4 Å². The van der Waals surface area contributed by atoms with Gasteiger partial charge in [-0.2, -0.15) is 0 Å². The highest BCUT2D eigenvalue weighted by atomic mass is 32.2. The Kier molecular flexibility index (Phi) is 4.28. The molecular formula is C20H24N2O3S. The molecule has 2 aromatic rings. The molecule has 6 heteroatoms. The van der Waals surface area contributed by atoms with Crippen molar-refractivity contribution in [2.24, 2.45) is 5.92 Å². The quantitative estimate of drug-likeness (QED) is 0.897. The summed E-state index contributed by atoms with van der Waals surface area (Å²) in [5, 5.41) is 3.41. The van der Waals surface area contributed by atoms with Crippen molar-refractivity contribution >= 4 is 9.84 Å². The summed E-state index contributed by atoms with van der Waals surface area (Å²) in [6.07, 6.45) is 6.19. The number of ether oxygens (including phenoxy) is 1. The summed E-state index contributed by atoms with van der Waals surface area (Å²) in [5.41, 5.74) is 2.78. The standard InChI is InChI=1S/C20H24N2O3S/c1-20(16-7-9-21-10-8-16)12-15-11-18(22-13-19(15)25-20)14-3-5-17(6-4-14)26(2,23)24/h3-6,11,13,16,21H,7-10,12H2,1-2H3/t20-/m0/s1. The molecule has 3 heterocycles. The number of nitrogens with zero attached hydrogens (tertiary/aromatic N) is 1. The van der Waals surface area contributed by atoms with Crippen LogP contribution in [0.5, 0.6) is 5.75 Å². The number of nitrogens with one attached hydrogen (secondary N) is 1. The van der Waals surface area contributed by atoms with Crippen molar-refractivity contribution < 1.29 is 13.2 Å². The van der Waals surface area contributed by atoms with E-state index in [1.807, 2.05) is 18.3 Å². The van der Waals surface area contributed by atoms with Crippen LogP contribution < -0.4 is 10.1 Å². The van der Waals surface area contributed by atoms with Gasteiger partial charge in [0.2, 0.25) is 0 Å². The summed E-state index contributed by atoms with van der Waals surface area (Å²) in [6.45, 7) is 4.32. The maximum Gasteiger partial charge on any atom is 0.175 e. The van der Waals surface area contributed by atoms with Crippen LogP contribution >= 0.6 is 0 Å². The van der Waals surface area contributed by atoms with Gasteiger partial charge in [-0.1, -0.05) is 12.1 Å². The van der Waals surface area contributed by atoms with Crippen LogP contribution in [0.3, 0.4) is 0 Å². The van der Waals surface area contributed by atoms with Crippen molar-refractivity contribution in [2.45, 2.75) is 36.7 Å². The monoisotopic (exact) mass is 372 g/mol. The number of hydrogen-bond donors (Lipinski definition) is 1. The molecule has 0 amide bonds. The molecule has 1 aromatic carbocycles. The summed E-state index contributed by atoms with van der Waals surface area (Å²) in [7, 11) is -3.18. The maximum absolute atomic E-state index is 11.6. The van der Waals surface area contributed by atoms with Crippen LogP contribution in [-0.4, -0.2) is 38.3 Å². The van der Waals surface area contributed by atoms with Crippen LogP contribution in [0.4, 0.5) is 0 Å². The Morgan fingerprint density at radius 1 is 1.19 bits per heavy atom. The minimum atomic E-state index is -3.18. The maximum atomic E-state index is 11.6. The second-order valence-electron chi connectivity index (χ2n) is 7.59. The highest BCUT2D eigenvalue weighted by Gasteiger charge is 2.42. The van der Waals surface area contributed by atoms with E-state index in [0.29, 0.717) is 10.8 Å². The highest BCUT2D eigenvalue weighted by Crippen LogP contribution is 2.42. The first-order chi connectivity index (χ1) is 12.4. The Morgan fingerprint density at radius 2 is 1.88 bits per heavy atom. The molecular weight excluding hydrogens is 348 g/mol. The molecule has 0 unspecified atom stereocenters. The average Bonchev–Trinajstić information content (AvgIpc) is 2.98. The smallest absolute Gasteiger partial charge is 0.175 e. The van der Waals surface area contributed by atoms with Crippen LogP contribution in [0.2, 0.25) is 0 Å². The molecule has 4 rings (SSSR count). The van der Waals surface area contributed by atoms with Crippen LogP contribution in [0, 0.1) is 5.92 Å². The Bertz CT molecular complexity index is 919. The van der Waals surface area contributed by atoms with Gasteiger partial charge in [-0.25, -0.2) is 8.42 Å². The first-order valence-corrected chi connectivity index (χ1v) is 10.9. The molecule has 0 spiro atoms. The fourth-order valence-corrected chi connectivity index (χ4v) is 4.70. The topological polar surface area (TPSA) is 68.3 Å². The van der Waals surface area contributed by atoms with Gasteiger partial charge in [-0.3, -0.25) is 4.98 Å². The molecule has 1 aromatic heterocycles. The molecule has 0 bridgehead atoms. The third-order valence-electron chi connectivity index (χ3n) is 5.61. The summed E-state index contributed by atoms with van der Waals surface area (Å²) in [6, 6.07) is 8.97. The number of piperidine rings is 1. The van der Waals surface area contributed by atoms with Crippen molar-refractivity contribution in [2.75, 3.05) is 19.3 Å². The zero-order chi connectivity index (χ0) is 18.4. The lowest BCUT2D eigenvalue weighted by Crippen LogP contribution is -2.44. The summed E-state index contributed by atoms with van der Waals surface area (Å²) < 4.78 is 29.6.